The molecule has 2 N–H and O–H groups in total. The first-order valence-corrected chi connectivity index (χ1v) is 6.72. The van der Waals surface area contributed by atoms with Crippen LogP contribution in [0.4, 0.5) is 10.1 Å². The summed E-state index contributed by atoms with van der Waals surface area (Å²) in [6.07, 6.45) is 1.33. The summed E-state index contributed by atoms with van der Waals surface area (Å²) in [6.45, 7) is 1.75. The number of nitrogen functional groups attached to an aromatic ring is 1. The summed E-state index contributed by atoms with van der Waals surface area (Å²) in [5, 5.41) is 0.180. The summed E-state index contributed by atoms with van der Waals surface area (Å²) in [6, 6.07) is 7.31. The van der Waals surface area contributed by atoms with Crippen molar-refractivity contribution in [2.45, 2.75) is 13.0 Å². The van der Waals surface area contributed by atoms with E-state index in [0.717, 1.165) is 0 Å². The molecule has 0 radical (unpaired) electrons. The van der Waals surface area contributed by atoms with E-state index in [9.17, 15) is 9.18 Å². The lowest BCUT2D eigenvalue weighted by molar-refractivity contribution is 0.0741. The van der Waals surface area contributed by atoms with E-state index in [4.69, 9.17) is 17.3 Å². The van der Waals surface area contributed by atoms with Crippen molar-refractivity contribution in [2.75, 3.05) is 12.8 Å². The van der Waals surface area contributed by atoms with Gasteiger partial charge in [0, 0.05) is 12.6 Å². The fourth-order valence-corrected chi connectivity index (χ4v) is 2.17. The molecule has 0 spiro atoms. The number of benzene rings is 1. The Hall–Kier alpha value is -2.14. The molecule has 2 rings (SSSR count). The summed E-state index contributed by atoms with van der Waals surface area (Å²) in [5.41, 5.74) is 6.68. The fraction of sp³-hybridized carbons (Fsp3) is 0.200. The number of aromatic nitrogens is 1. The van der Waals surface area contributed by atoms with Crippen molar-refractivity contribution in [3.05, 3.63) is 58.6 Å². The monoisotopic (exact) mass is 307 g/mol. The van der Waals surface area contributed by atoms with Gasteiger partial charge in [-0.25, -0.2) is 9.37 Å². The van der Waals surface area contributed by atoms with Crippen LogP contribution in [0.1, 0.15) is 28.9 Å². The molecule has 0 aliphatic carbocycles. The molecule has 1 atom stereocenters. The summed E-state index contributed by atoms with van der Waals surface area (Å²) >= 11 is 5.79. The Balaban J connectivity index is 2.31. The van der Waals surface area contributed by atoms with Crippen molar-refractivity contribution in [2.24, 2.45) is 0 Å². The normalized spacial score (nSPS) is 12.0. The molecule has 1 heterocycles. The number of hydrogen-bond acceptors (Lipinski definition) is 3. The quantitative estimate of drug-likeness (QED) is 0.885. The van der Waals surface area contributed by atoms with Crippen LogP contribution in [-0.2, 0) is 0 Å². The van der Waals surface area contributed by atoms with Crippen LogP contribution in [0.2, 0.25) is 5.15 Å². The number of carbonyl (C=O) groups excluding carboxylic acids is 1. The third kappa shape index (κ3) is 3.13. The Kier molecular flexibility index (Phi) is 4.43. The van der Waals surface area contributed by atoms with E-state index in [1.165, 1.54) is 23.2 Å². The zero-order valence-corrected chi connectivity index (χ0v) is 12.4. The number of anilines is 1. The van der Waals surface area contributed by atoms with Gasteiger partial charge in [-0.15, -0.1) is 0 Å². The fourth-order valence-electron chi connectivity index (χ4n) is 2.01. The SMILES string of the molecule is CC(c1ccccc1F)N(C)C(=O)c1cc(Cl)ncc1N. The largest absolute Gasteiger partial charge is 0.397 e. The molecule has 1 unspecified atom stereocenters. The average Bonchev–Trinajstić information content (AvgIpc) is 2.48. The van der Waals surface area contributed by atoms with E-state index in [1.54, 1.807) is 32.2 Å². The number of amides is 1. The highest BCUT2D eigenvalue weighted by Crippen LogP contribution is 2.25. The average molecular weight is 308 g/mol. The standard InChI is InChI=1S/C15H15ClFN3O/c1-9(10-5-3-4-6-12(10)17)20(2)15(21)11-7-14(16)19-8-13(11)18/h3-9H,18H2,1-2H3. The maximum atomic E-state index is 13.8. The summed E-state index contributed by atoms with van der Waals surface area (Å²) < 4.78 is 13.8. The molecule has 0 saturated heterocycles. The second-order valence-electron chi connectivity index (χ2n) is 4.71. The molecule has 0 fully saturated rings. The molecular weight excluding hydrogens is 293 g/mol. The van der Waals surface area contributed by atoms with Crippen molar-refractivity contribution in [1.82, 2.24) is 9.88 Å². The van der Waals surface area contributed by atoms with Gasteiger partial charge in [-0.2, -0.15) is 0 Å². The molecule has 0 bridgehead atoms. The second kappa shape index (κ2) is 6.10. The van der Waals surface area contributed by atoms with Crippen molar-refractivity contribution < 1.29 is 9.18 Å². The minimum Gasteiger partial charge on any atom is -0.397 e. The van der Waals surface area contributed by atoms with E-state index in [0.29, 0.717) is 5.56 Å². The number of carbonyl (C=O) groups is 1. The lowest BCUT2D eigenvalue weighted by Crippen LogP contribution is -2.30. The number of rotatable bonds is 3. The van der Waals surface area contributed by atoms with Gasteiger partial charge in [-0.1, -0.05) is 29.8 Å². The van der Waals surface area contributed by atoms with Crippen LogP contribution < -0.4 is 5.73 Å². The zero-order chi connectivity index (χ0) is 15.6. The smallest absolute Gasteiger partial charge is 0.256 e. The molecule has 1 aromatic carbocycles. The van der Waals surface area contributed by atoms with Gasteiger partial charge in [0.1, 0.15) is 11.0 Å². The summed E-state index contributed by atoms with van der Waals surface area (Å²) in [7, 11) is 1.59. The number of hydrogen-bond donors (Lipinski definition) is 1. The van der Waals surface area contributed by atoms with E-state index < -0.39 is 6.04 Å². The molecule has 2 aromatic rings. The molecular formula is C15H15ClFN3O. The maximum absolute atomic E-state index is 13.8. The Morgan fingerprint density at radius 3 is 2.76 bits per heavy atom. The van der Waals surface area contributed by atoms with Crippen molar-refractivity contribution in [1.29, 1.82) is 0 Å². The molecule has 0 aliphatic heterocycles. The lowest BCUT2D eigenvalue weighted by Gasteiger charge is -2.26. The topological polar surface area (TPSA) is 59.2 Å². The van der Waals surface area contributed by atoms with E-state index in [-0.39, 0.29) is 28.1 Å². The van der Waals surface area contributed by atoms with Crippen molar-refractivity contribution in [3.8, 4) is 0 Å². The Morgan fingerprint density at radius 2 is 2.10 bits per heavy atom. The van der Waals surface area contributed by atoms with Gasteiger partial charge in [-0.05, 0) is 19.1 Å². The van der Waals surface area contributed by atoms with Gasteiger partial charge in [0.2, 0.25) is 0 Å². The predicted molar refractivity (Wildman–Crippen MR) is 80.6 cm³/mol. The lowest BCUT2D eigenvalue weighted by atomic mass is 10.1. The highest BCUT2D eigenvalue weighted by molar-refractivity contribution is 6.29. The first kappa shape index (κ1) is 15.3. The van der Waals surface area contributed by atoms with Crippen molar-refractivity contribution >= 4 is 23.2 Å². The van der Waals surface area contributed by atoms with Gasteiger partial charge >= 0.3 is 0 Å². The Morgan fingerprint density at radius 1 is 1.43 bits per heavy atom. The van der Waals surface area contributed by atoms with Crippen LogP contribution in [-0.4, -0.2) is 22.8 Å². The molecule has 110 valence electrons. The predicted octanol–water partition coefficient (Wildman–Crippen LogP) is 3.29. The van der Waals surface area contributed by atoms with Crippen LogP contribution in [0.25, 0.3) is 0 Å². The highest BCUT2D eigenvalue weighted by atomic mass is 35.5. The molecule has 4 nitrogen and oxygen atoms in total. The van der Waals surface area contributed by atoms with Gasteiger partial charge < -0.3 is 10.6 Å². The molecule has 1 amide bonds. The number of nitrogens with two attached hydrogens (primary N) is 1. The van der Waals surface area contributed by atoms with Crippen LogP contribution in [0.3, 0.4) is 0 Å². The first-order chi connectivity index (χ1) is 9.91. The first-order valence-electron chi connectivity index (χ1n) is 6.34. The van der Waals surface area contributed by atoms with E-state index >= 15 is 0 Å². The van der Waals surface area contributed by atoms with Gasteiger partial charge in [0.15, 0.2) is 0 Å². The zero-order valence-electron chi connectivity index (χ0n) is 11.7. The Bertz CT molecular complexity index is 678. The van der Waals surface area contributed by atoms with Gasteiger partial charge in [0.05, 0.1) is 23.5 Å². The number of halogens is 2. The second-order valence-corrected chi connectivity index (χ2v) is 5.10. The van der Waals surface area contributed by atoms with E-state index in [2.05, 4.69) is 4.98 Å². The van der Waals surface area contributed by atoms with Crippen LogP contribution in [0.15, 0.2) is 36.5 Å². The van der Waals surface area contributed by atoms with Gasteiger partial charge in [-0.3, -0.25) is 4.79 Å². The third-order valence-electron chi connectivity index (χ3n) is 3.39. The van der Waals surface area contributed by atoms with Gasteiger partial charge in [0.25, 0.3) is 5.91 Å². The Labute approximate surface area is 127 Å². The molecule has 21 heavy (non-hydrogen) atoms. The molecule has 0 aliphatic rings. The maximum Gasteiger partial charge on any atom is 0.256 e. The highest BCUT2D eigenvalue weighted by Gasteiger charge is 2.22. The minimum absolute atomic E-state index is 0.180. The number of nitrogens with zero attached hydrogens (tertiary/aromatic N) is 2. The van der Waals surface area contributed by atoms with Crippen LogP contribution >= 0.6 is 11.6 Å². The number of pyridine rings is 1. The third-order valence-corrected chi connectivity index (χ3v) is 3.60. The van der Waals surface area contributed by atoms with E-state index in [1.807, 2.05) is 0 Å². The van der Waals surface area contributed by atoms with Crippen LogP contribution in [0.5, 0.6) is 0 Å². The summed E-state index contributed by atoms with van der Waals surface area (Å²) in [5.74, 6) is -0.696. The summed E-state index contributed by atoms with van der Waals surface area (Å²) in [4.78, 5) is 17.7. The molecule has 1 aromatic heterocycles. The molecule has 6 heteroatoms. The molecule has 0 saturated carbocycles. The minimum atomic E-state index is -0.440. The van der Waals surface area contributed by atoms with Crippen molar-refractivity contribution in [3.63, 3.8) is 0 Å². The van der Waals surface area contributed by atoms with Crippen LogP contribution in [0, 0.1) is 5.82 Å².